The molecule has 36 heavy (non-hydrogen) atoms. The Morgan fingerprint density at radius 2 is 1.47 bits per heavy atom. The van der Waals surface area contributed by atoms with Crippen LogP contribution in [-0.4, -0.2) is 9.72 Å². The molecule has 3 nitrogen and oxygen atoms in total. The molecule has 0 radical (unpaired) electrons. The standard InChI is InChI=1S/C32H35N2OP/c1-7-34-30-16-12-11-15-27(30)28-22-26(18-20-31(28)34)36(32(4,5)6,35-25-13-9-8-10-14-25)33-29-19-17-23(2)21-24(29)3/h8-22H,7H2,1-6H3/t36-/m1/s1. The summed E-state index contributed by atoms with van der Waals surface area (Å²) in [6, 6.07) is 32.2. The Kier molecular flexibility index (Phi) is 6.30. The van der Waals surface area contributed by atoms with Crippen LogP contribution in [0, 0.1) is 13.8 Å². The van der Waals surface area contributed by atoms with E-state index in [0.29, 0.717) is 0 Å². The molecule has 1 aromatic heterocycles. The molecule has 0 N–H and O–H groups in total. The highest BCUT2D eigenvalue weighted by molar-refractivity contribution is 7.71. The van der Waals surface area contributed by atoms with Gasteiger partial charge in [-0.25, -0.2) is 4.74 Å². The highest BCUT2D eigenvalue weighted by Crippen LogP contribution is 2.62. The molecule has 4 aromatic carbocycles. The van der Waals surface area contributed by atoms with Crippen LogP contribution >= 0.6 is 7.28 Å². The van der Waals surface area contributed by atoms with Gasteiger partial charge < -0.3 is 9.09 Å². The summed E-state index contributed by atoms with van der Waals surface area (Å²) in [6.07, 6.45) is 0. The maximum absolute atomic E-state index is 7.07. The van der Waals surface area contributed by atoms with E-state index in [1.54, 1.807) is 0 Å². The number of hydrogen-bond acceptors (Lipinski definition) is 2. The van der Waals surface area contributed by atoms with Crippen molar-refractivity contribution in [3.05, 3.63) is 102 Å². The minimum absolute atomic E-state index is 0.239. The van der Waals surface area contributed by atoms with E-state index in [9.17, 15) is 0 Å². The van der Waals surface area contributed by atoms with Crippen LogP contribution in [0.3, 0.4) is 0 Å². The lowest BCUT2D eigenvalue weighted by Crippen LogP contribution is -2.27. The van der Waals surface area contributed by atoms with Gasteiger partial charge in [0.1, 0.15) is 5.75 Å². The molecule has 0 saturated heterocycles. The highest BCUT2D eigenvalue weighted by atomic mass is 31.2. The third-order valence-electron chi connectivity index (χ3n) is 6.91. The van der Waals surface area contributed by atoms with Gasteiger partial charge in [0.25, 0.3) is 0 Å². The van der Waals surface area contributed by atoms with Gasteiger partial charge in [-0.1, -0.05) is 74.9 Å². The second-order valence-electron chi connectivity index (χ2n) is 10.5. The van der Waals surface area contributed by atoms with Gasteiger partial charge in [0.2, 0.25) is 0 Å². The maximum atomic E-state index is 7.07. The van der Waals surface area contributed by atoms with Crippen LogP contribution < -0.4 is 9.83 Å². The number of para-hydroxylation sites is 2. The molecular weight excluding hydrogens is 459 g/mol. The largest absolute Gasteiger partial charge is 0.455 e. The van der Waals surface area contributed by atoms with Gasteiger partial charge in [-0.2, -0.15) is 0 Å². The van der Waals surface area contributed by atoms with Gasteiger partial charge in [0.15, 0.2) is 7.28 Å². The molecule has 0 aliphatic heterocycles. The van der Waals surface area contributed by atoms with Crippen LogP contribution in [0.2, 0.25) is 0 Å². The van der Waals surface area contributed by atoms with Crippen molar-refractivity contribution in [2.75, 3.05) is 0 Å². The maximum Gasteiger partial charge on any atom is 0.173 e. The molecule has 0 aliphatic rings. The molecule has 0 fully saturated rings. The monoisotopic (exact) mass is 494 g/mol. The normalized spacial score (nSPS) is 13.6. The second kappa shape index (κ2) is 9.30. The summed E-state index contributed by atoms with van der Waals surface area (Å²) in [7, 11) is -2.58. The number of fused-ring (bicyclic) bond motifs is 3. The molecular formula is C32H35N2OP. The fourth-order valence-electron chi connectivity index (χ4n) is 5.08. The van der Waals surface area contributed by atoms with Crippen LogP contribution in [0.1, 0.15) is 38.8 Å². The smallest absolute Gasteiger partial charge is 0.173 e. The summed E-state index contributed by atoms with van der Waals surface area (Å²) >= 11 is 0. The Bertz CT molecular complexity index is 1610. The molecule has 1 heterocycles. The number of rotatable bonds is 5. The van der Waals surface area contributed by atoms with Crippen LogP contribution in [0.4, 0.5) is 5.69 Å². The number of benzene rings is 4. The minimum Gasteiger partial charge on any atom is -0.455 e. The molecule has 0 spiro atoms. The van der Waals surface area contributed by atoms with Gasteiger partial charge in [-0.15, -0.1) is 0 Å². The SMILES string of the molecule is CCn1c2ccccc2c2cc([P@@](=Nc3ccc(C)cc3C)(Oc3ccccc3)C(C)(C)C)ccc21. The van der Waals surface area contributed by atoms with E-state index < -0.39 is 7.28 Å². The lowest BCUT2D eigenvalue weighted by Gasteiger charge is -2.37. The lowest BCUT2D eigenvalue weighted by molar-refractivity contribution is 0.571. The highest BCUT2D eigenvalue weighted by Gasteiger charge is 2.39. The first kappa shape index (κ1) is 24.4. The predicted octanol–water partition coefficient (Wildman–Crippen LogP) is 9.38. The van der Waals surface area contributed by atoms with Crippen LogP contribution in [0.25, 0.3) is 21.8 Å². The molecule has 0 bridgehead atoms. The van der Waals surface area contributed by atoms with Crippen molar-refractivity contribution in [1.29, 1.82) is 0 Å². The van der Waals surface area contributed by atoms with E-state index in [4.69, 9.17) is 9.27 Å². The van der Waals surface area contributed by atoms with Gasteiger partial charge in [-0.3, -0.25) is 0 Å². The summed E-state index contributed by atoms with van der Waals surface area (Å²) in [5.74, 6) is 0.852. The van der Waals surface area contributed by atoms with Crippen molar-refractivity contribution in [2.24, 2.45) is 4.74 Å². The second-order valence-corrected chi connectivity index (χ2v) is 13.9. The van der Waals surface area contributed by atoms with E-state index in [2.05, 4.69) is 107 Å². The Labute approximate surface area is 214 Å². The first-order valence-corrected chi connectivity index (χ1v) is 14.4. The van der Waals surface area contributed by atoms with E-state index in [0.717, 1.165) is 23.3 Å². The van der Waals surface area contributed by atoms with Gasteiger partial charge in [-0.05, 0) is 68.8 Å². The minimum atomic E-state index is -2.58. The molecule has 0 unspecified atom stereocenters. The molecule has 184 valence electrons. The van der Waals surface area contributed by atoms with Crippen molar-refractivity contribution in [1.82, 2.24) is 4.57 Å². The predicted molar refractivity (Wildman–Crippen MR) is 156 cm³/mol. The third kappa shape index (κ3) is 4.16. The van der Waals surface area contributed by atoms with Crippen molar-refractivity contribution in [3.8, 4) is 5.75 Å². The average Bonchev–Trinajstić information content (AvgIpc) is 3.18. The molecule has 0 amide bonds. The third-order valence-corrected chi connectivity index (χ3v) is 10.7. The van der Waals surface area contributed by atoms with Crippen molar-refractivity contribution in [3.63, 3.8) is 0 Å². The molecule has 4 heteroatoms. The van der Waals surface area contributed by atoms with E-state index in [1.165, 1.54) is 32.9 Å². The summed E-state index contributed by atoms with van der Waals surface area (Å²) in [4.78, 5) is 0. The van der Waals surface area contributed by atoms with Gasteiger partial charge >= 0.3 is 0 Å². The fraction of sp³-hybridized carbons (Fsp3) is 0.250. The van der Waals surface area contributed by atoms with Crippen LogP contribution in [0.5, 0.6) is 5.75 Å². The topological polar surface area (TPSA) is 26.5 Å². The fourth-order valence-corrected chi connectivity index (χ4v) is 8.22. The first-order valence-electron chi connectivity index (χ1n) is 12.7. The number of hydrogen-bond donors (Lipinski definition) is 0. The van der Waals surface area contributed by atoms with Crippen LogP contribution in [-0.2, 0) is 6.54 Å². The molecule has 5 rings (SSSR count). The Balaban J connectivity index is 1.86. The van der Waals surface area contributed by atoms with Gasteiger partial charge in [0.05, 0.1) is 5.69 Å². The number of nitrogens with zero attached hydrogens (tertiary/aromatic N) is 2. The molecule has 0 aliphatic carbocycles. The van der Waals surface area contributed by atoms with Gasteiger partial charge in [0, 0.05) is 38.8 Å². The average molecular weight is 495 g/mol. The Hall–Kier alpha value is -3.29. The van der Waals surface area contributed by atoms with Crippen molar-refractivity contribution < 1.29 is 4.52 Å². The quantitative estimate of drug-likeness (QED) is 0.224. The number of aryl methyl sites for hydroxylation is 3. The zero-order chi connectivity index (χ0) is 25.5. The van der Waals surface area contributed by atoms with E-state index in [1.807, 2.05) is 30.3 Å². The Morgan fingerprint density at radius 3 is 2.17 bits per heavy atom. The van der Waals surface area contributed by atoms with Crippen LogP contribution in [0.15, 0.2) is 95.7 Å². The molecule has 0 saturated carbocycles. The summed E-state index contributed by atoms with van der Waals surface area (Å²) in [5, 5.41) is 3.45. The zero-order valence-electron chi connectivity index (χ0n) is 22.1. The summed E-state index contributed by atoms with van der Waals surface area (Å²) < 4.78 is 15.0. The lowest BCUT2D eigenvalue weighted by atomic mass is 10.1. The first-order chi connectivity index (χ1) is 17.2. The van der Waals surface area contributed by atoms with Crippen molar-refractivity contribution >= 4 is 40.1 Å². The molecule has 1 atom stereocenters. The summed E-state index contributed by atoms with van der Waals surface area (Å²) in [5.41, 5.74) is 5.92. The number of aromatic nitrogens is 1. The zero-order valence-corrected chi connectivity index (χ0v) is 23.0. The molecule has 5 aromatic rings. The Morgan fingerprint density at radius 1 is 0.778 bits per heavy atom. The summed E-state index contributed by atoms with van der Waals surface area (Å²) in [6.45, 7) is 14.2. The van der Waals surface area contributed by atoms with Crippen molar-refractivity contribution in [2.45, 2.75) is 53.2 Å². The van der Waals surface area contributed by atoms with E-state index >= 15 is 0 Å². The van der Waals surface area contributed by atoms with E-state index in [-0.39, 0.29) is 5.16 Å².